The summed E-state index contributed by atoms with van der Waals surface area (Å²) in [7, 11) is 0. The van der Waals surface area contributed by atoms with Gasteiger partial charge in [0.2, 0.25) is 5.82 Å². The average molecular weight is 271 g/mol. The van der Waals surface area contributed by atoms with Crippen molar-refractivity contribution in [2.24, 2.45) is 0 Å². The zero-order valence-electron chi connectivity index (χ0n) is 9.08. The van der Waals surface area contributed by atoms with Crippen LogP contribution in [0.3, 0.4) is 0 Å². The Bertz CT molecular complexity index is 587. The summed E-state index contributed by atoms with van der Waals surface area (Å²) in [4.78, 5) is 9.70. The van der Waals surface area contributed by atoms with E-state index < -0.39 is 16.4 Å². The molecule has 2 rings (SSSR count). The smallest absolute Gasteiger partial charge is 0.258 e. The van der Waals surface area contributed by atoms with Crippen molar-refractivity contribution >= 4 is 17.3 Å². The van der Waals surface area contributed by atoms with Crippen LogP contribution in [-0.2, 0) is 6.42 Å². The number of aryl methyl sites for hydroxylation is 1. The number of nitrogens with zero attached hydrogens (tertiary/aromatic N) is 4. The number of benzene rings is 1. The molecule has 0 saturated heterocycles. The number of nitro benzene ring substituents is 1. The molecule has 1 heterocycles. The molecule has 18 heavy (non-hydrogen) atoms. The first-order chi connectivity index (χ1) is 8.61. The van der Waals surface area contributed by atoms with Gasteiger partial charge >= 0.3 is 5.69 Å². The number of hydrogen-bond donors (Lipinski definition) is 0. The summed E-state index contributed by atoms with van der Waals surface area (Å²) in [6.07, 6.45) is 2.15. The maximum Gasteiger partial charge on any atom is 0.304 e. The first kappa shape index (κ1) is 12.4. The molecule has 0 bridgehead atoms. The van der Waals surface area contributed by atoms with Gasteiger partial charge in [-0.15, -0.1) is 16.7 Å². The summed E-state index contributed by atoms with van der Waals surface area (Å²) >= 11 is 5.56. The molecule has 1 aromatic carbocycles. The van der Waals surface area contributed by atoms with E-state index in [1.807, 2.05) is 0 Å². The molecule has 0 spiro atoms. The van der Waals surface area contributed by atoms with Crippen LogP contribution in [0, 0.1) is 15.9 Å². The van der Waals surface area contributed by atoms with Crippen LogP contribution in [0.1, 0.15) is 5.69 Å². The highest BCUT2D eigenvalue weighted by molar-refractivity contribution is 6.17. The summed E-state index contributed by atoms with van der Waals surface area (Å²) in [6.45, 7) is 0. The van der Waals surface area contributed by atoms with Gasteiger partial charge in [0.15, 0.2) is 0 Å². The van der Waals surface area contributed by atoms with E-state index in [9.17, 15) is 14.5 Å². The topological polar surface area (TPSA) is 73.8 Å². The van der Waals surface area contributed by atoms with Gasteiger partial charge in [0.1, 0.15) is 0 Å². The van der Waals surface area contributed by atoms with Crippen molar-refractivity contribution in [3.8, 4) is 5.69 Å². The Hall–Kier alpha value is -2.02. The lowest BCUT2D eigenvalue weighted by atomic mass is 10.2. The van der Waals surface area contributed by atoms with Crippen LogP contribution >= 0.6 is 11.6 Å². The molecule has 0 atom stereocenters. The molecule has 2 aromatic rings. The molecule has 0 radical (unpaired) electrons. The van der Waals surface area contributed by atoms with E-state index >= 15 is 0 Å². The molecule has 0 saturated carbocycles. The minimum absolute atomic E-state index is 0.367. The van der Waals surface area contributed by atoms with Gasteiger partial charge in [-0.1, -0.05) is 5.21 Å². The van der Waals surface area contributed by atoms with E-state index in [0.29, 0.717) is 23.7 Å². The highest BCUT2D eigenvalue weighted by atomic mass is 35.5. The lowest BCUT2D eigenvalue weighted by molar-refractivity contribution is -0.387. The highest BCUT2D eigenvalue weighted by Gasteiger charge is 2.14. The summed E-state index contributed by atoms with van der Waals surface area (Å²) in [5, 5.41) is 18.1. The third-order valence-electron chi connectivity index (χ3n) is 2.28. The van der Waals surface area contributed by atoms with E-state index in [2.05, 4.69) is 10.3 Å². The van der Waals surface area contributed by atoms with Gasteiger partial charge in [0.25, 0.3) is 0 Å². The predicted molar refractivity (Wildman–Crippen MR) is 62.4 cm³/mol. The van der Waals surface area contributed by atoms with Crippen LogP contribution in [0.5, 0.6) is 0 Å². The third kappa shape index (κ3) is 2.45. The lowest BCUT2D eigenvalue weighted by Crippen LogP contribution is -1.98. The Kier molecular flexibility index (Phi) is 3.52. The minimum atomic E-state index is -0.910. The Morgan fingerprint density at radius 1 is 1.50 bits per heavy atom. The maximum atomic E-state index is 13.4. The van der Waals surface area contributed by atoms with Crippen molar-refractivity contribution in [3.05, 3.63) is 46.0 Å². The fraction of sp³-hybridized carbons (Fsp3) is 0.200. The van der Waals surface area contributed by atoms with E-state index in [4.69, 9.17) is 11.6 Å². The fourth-order valence-corrected chi connectivity index (χ4v) is 1.62. The number of nitro groups is 1. The standard InChI is InChI=1S/C10H8ClFN4O2/c11-4-3-7-6-15(14-13-7)8-1-2-10(16(17)18)9(12)5-8/h1-2,5-6H,3-4H2. The van der Waals surface area contributed by atoms with E-state index in [1.54, 1.807) is 6.20 Å². The number of alkyl halides is 1. The van der Waals surface area contributed by atoms with Crippen LogP contribution in [-0.4, -0.2) is 25.8 Å². The van der Waals surface area contributed by atoms with E-state index in [0.717, 1.165) is 12.1 Å². The molecule has 0 amide bonds. The van der Waals surface area contributed by atoms with Gasteiger partial charge in [-0.2, -0.15) is 4.39 Å². The number of aromatic nitrogens is 3. The van der Waals surface area contributed by atoms with Gasteiger partial charge in [-0.25, -0.2) is 4.68 Å². The van der Waals surface area contributed by atoms with Crippen molar-refractivity contribution in [1.82, 2.24) is 15.0 Å². The Balaban J connectivity index is 2.33. The van der Waals surface area contributed by atoms with Gasteiger partial charge in [0.05, 0.1) is 22.5 Å². The maximum absolute atomic E-state index is 13.4. The number of rotatable bonds is 4. The number of hydrogen-bond acceptors (Lipinski definition) is 4. The van der Waals surface area contributed by atoms with Crippen molar-refractivity contribution in [3.63, 3.8) is 0 Å². The van der Waals surface area contributed by atoms with Crippen LogP contribution < -0.4 is 0 Å². The minimum Gasteiger partial charge on any atom is -0.258 e. The molecule has 0 aliphatic carbocycles. The van der Waals surface area contributed by atoms with Gasteiger partial charge in [-0.05, 0) is 6.07 Å². The molecule has 0 fully saturated rings. The van der Waals surface area contributed by atoms with Crippen molar-refractivity contribution < 1.29 is 9.31 Å². The van der Waals surface area contributed by atoms with Gasteiger partial charge in [-0.3, -0.25) is 10.1 Å². The van der Waals surface area contributed by atoms with Crippen molar-refractivity contribution in [2.45, 2.75) is 6.42 Å². The molecular weight excluding hydrogens is 263 g/mol. The molecule has 0 aliphatic heterocycles. The third-order valence-corrected chi connectivity index (χ3v) is 2.47. The second-order valence-corrected chi connectivity index (χ2v) is 3.86. The molecular formula is C10H8ClFN4O2. The highest BCUT2D eigenvalue weighted by Crippen LogP contribution is 2.19. The number of halogens is 2. The van der Waals surface area contributed by atoms with E-state index in [-0.39, 0.29) is 0 Å². The molecule has 0 aliphatic rings. The van der Waals surface area contributed by atoms with Crippen LogP contribution in [0.25, 0.3) is 5.69 Å². The fourth-order valence-electron chi connectivity index (χ4n) is 1.42. The first-order valence-electron chi connectivity index (χ1n) is 5.03. The average Bonchev–Trinajstić information content (AvgIpc) is 2.77. The lowest BCUT2D eigenvalue weighted by Gasteiger charge is -2.00. The van der Waals surface area contributed by atoms with Crippen LogP contribution in [0.4, 0.5) is 10.1 Å². The summed E-state index contributed by atoms with van der Waals surface area (Å²) in [6, 6.07) is 3.53. The van der Waals surface area contributed by atoms with Gasteiger partial charge in [0, 0.05) is 24.4 Å². The summed E-state index contributed by atoms with van der Waals surface area (Å²) in [5.74, 6) is -0.500. The Labute approximate surface area is 106 Å². The first-order valence-corrected chi connectivity index (χ1v) is 5.57. The molecule has 0 N–H and O–H groups in total. The SMILES string of the molecule is O=[N+]([O-])c1ccc(-n2cc(CCCl)nn2)cc1F. The predicted octanol–water partition coefficient (Wildman–Crippen LogP) is 2.10. The van der Waals surface area contributed by atoms with Gasteiger partial charge < -0.3 is 0 Å². The summed E-state index contributed by atoms with van der Waals surface area (Å²) in [5.41, 5.74) is 0.468. The van der Waals surface area contributed by atoms with Crippen LogP contribution in [0.2, 0.25) is 0 Å². The molecule has 6 nitrogen and oxygen atoms in total. The largest absolute Gasteiger partial charge is 0.304 e. The monoisotopic (exact) mass is 270 g/mol. The molecule has 0 unspecified atom stereocenters. The second kappa shape index (κ2) is 5.09. The van der Waals surface area contributed by atoms with Crippen LogP contribution in [0.15, 0.2) is 24.4 Å². The molecule has 94 valence electrons. The normalized spacial score (nSPS) is 10.6. The molecule has 1 aromatic heterocycles. The Morgan fingerprint density at radius 2 is 2.28 bits per heavy atom. The zero-order chi connectivity index (χ0) is 13.1. The van der Waals surface area contributed by atoms with Crippen molar-refractivity contribution in [1.29, 1.82) is 0 Å². The molecule has 8 heteroatoms. The summed E-state index contributed by atoms with van der Waals surface area (Å²) < 4.78 is 14.8. The second-order valence-electron chi connectivity index (χ2n) is 3.49. The zero-order valence-corrected chi connectivity index (χ0v) is 9.84. The Morgan fingerprint density at radius 3 is 2.89 bits per heavy atom. The van der Waals surface area contributed by atoms with E-state index in [1.165, 1.54) is 10.7 Å². The van der Waals surface area contributed by atoms with Crippen molar-refractivity contribution in [2.75, 3.05) is 5.88 Å². The quantitative estimate of drug-likeness (QED) is 0.484.